The molecule has 148 valence electrons. The summed E-state index contributed by atoms with van der Waals surface area (Å²) in [5, 5.41) is 9.42. The summed E-state index contributed by atoms with van der Waals surface area (Å²) in [7, 11) is 1.36. The van der Waals surface area contributed by atoms with Crippen molar-refractivity contribution in [1.82, 2.24) is 9.97 Å². The molecule has 29 heavy (non-hydrogen) atoms. The Hall–Kier alpha value is -3.94. The van der Waals surface area contributed by atoms with E-state index in [1.54, 1.807) is 37.3 Å². The molecule has 0 unspecified atom stereocenters. The molecule has 0 aliphatic heterocycles. The Morgan fingerprint density at radius 1 is 1.03 bits per heavy atom. The minimum Gasteiger partial charge on any atom is -0.503 e. The van der Waals surface area contributed by atoms with Crippen LogP contribution in [0.4, 0.5) is 4.39 Å². The van der Waals surface area contributed by atoms with Gasteiger partial charge in [-0.2, -0.15) is 0 Å². The highest BCUT2D eigenvalue weighted by Gasteiger charge is 2.17. The van der Waals surface area contributed by atoms with Crippen LogP contribution in [0.3, 0.4) is 0 Å². The van der Waals surface area contributed by atoms with E-state index in [1.807, 2.05) is 0 Å². The molecule has 0 radical (unpaired) electrons. The van der Waals surface area contributed by atoms with E-state index in [9.17, 15) is 14.3 Å². The maximum absolute atomic E-state index is 13.7. The van der Waals surface area contributed by atoms with Gasteiger partial charge in [0.05, 0.1) is 19.4 Å². The molecule has 0 spiro atoms. The highest BCUT2D eigenvalue weighted by molar-refractivity contribution is 6.15. The van der Waals surface area contributed by atoms with Gasteiger partial charge in [-0.25, -0.2) is 19.2 Å². The fraction of sp³-hybridized carbons (Fsp3) is 0.0952. The van der Waals surface area contributed by atoms with E-state index in [0.717, 1.165) is 6.26 Å². The molecule has 0 bridgehead atoms. The lowest BCUT2D eigenvalue weighted by Crippen LogP contribution is -2.03. The smallest absolute Gasteiger partial charge is 0.339 e. The Morgan fingerprint density at radius 2 is 1.69 bits per heavy atom. The first kappa shape index (κ1) is 19.8. The van der Waals surface area contributed by atoms with Crippen LogP contribution < -0.4 is 9.47 Å². The van der Waals surface area contributed by atoms with Crippen LogP contribution in [-0.2, 0) is 9.53 Å². The van der Waals surface area contributed by atoms with Crippen LogP contribution in [0.1, 0.15) is 11.1 Å². The zero-order chi connectivity index (χ0) is 20.8. The standard InChI is InChI=1S/C21H17FN2O5/c1-13-16(22)7-5-9-17(13)28-19-10-20(24-12-23-19)29-18-8-4-3-6-14(18)15(11-27-2)21(25)26/h3-12H,1-2H3,(H,25,26)/b15-11+. The van der Waals surface area contributed by atoms with E-state index in [-0.39, 0.29) is 23.1 Å². The van der Waals surface area contributed by atoms with Crippen LogP contribution in [0.25, 0.3) is 5.57 Å². The number of ether oxygens (including phenoxy) is 3. The summed E-state index contributed by atoms with van der Waals surface area (Å²) in [6, 6.07) is 12.5. The summed E-state index contributed by atoms with van der Waals surface area (Å²) >= 11 is 0. The molecule has 1 N–H and O–H groups in total. The second-order valence-electron chi connectivity index (χ2n) is 5.83. The van der Waals surface area contributed by atoms with Crippen molar-refractivity contribution in [2.75, 3.05) is 7.11 Å². The number of nitrogens with zero attached hydrogens (tertiary/aromatic N) is 2. The van der Waals surface area contributed by atoms with Crippen molar-refractivity contribution < 1.29 is 28.5 Å². The Bertz CT molecular complexity index is 1070. The van der Waals surface area contributed by atoms with Gasteiger partial charge in [0.25, 0.3) is 0 Å². The van der Waals surface area contributed by atoms with Crippen LogP contribution in [0.2, 0.25) is 0 Å². The lowest BCUT2D eigenvalue weighted by atomic mass is 10.1. The van der Waals surface area contributed by atoms with E-state index in [0.29, 0.717) is 16.9 Å². The molecule has 7 nitrogen and oxygen atoms in total. The summed E-state index contributed by atoms with van der Waals surface area (Å²) in [6.45, 7) is 1.59. The van der Waals surface area contributed by atoms with Crippen molar-refractivity contribution in [1.29, 1.82) is 0 Å². The molecule has 1 aromatic heterocycles. The SMILES string of the molecule is CO/C=C(/C(=O)O)c1ccccc1Oc1cc(Oc2cccc(F)c2C)ncn1. The maximum atomic E-state index is 13.7. The average molecular weight is 396 g/mol. The highest BCUT2D eigenvalue weighted by Crippen LogP contribution is 2.32. The zero-order valence-corrected chi connectivity index (χ0v) is 15.6. The van der Waals surface area contributed by atoms with Gasteiger partial charge in [0.2, 0.25) is 11.8 Å². The number of carbonyl (C=O) groups is 1. The van der Waals surface area contributed by atoms with Crippen molar-refractivity contribution >= 4 is 11.5 Å². The predicted octanol–water partition coefficient (Wildman–Crippen LogP) is 4.58. The van der Waals surface area contributed by atoms with Crippen molar-refractivity contribution in [3.8, 4) is 23.3 Å². The molecule has 0 aliphatic carbocycles. The van der Waals surface area contributed by atoms with E-state index in [1.165, 1.54) is 31.6 Å². The fourth-order valence-electron chi connectivity index (χ4n) is 2.48. The molecule has 0 amide bonds. The zero-order valence-electron chi connectivity index (χ0n) is 15.6. The van der Waals surface area contributed by atoms with Crippen LogP contribution in [0.15, 0.2) is 61.1 Å². The summed E-state index contributed by atoms with van der Waals surface area (Å²) in [5.74, 6) is -0.731. The van der Waals surface area contributed by atoms with E-state index < -0.39 is 11.8 Å². The lowest BCUT2D eigenvalue weighted by Gasteiger charge is -2.12. The van der Waals surface area contributed by atoms with Gasteiger partial charge in [0, 0.05) is 11.1 Å². The Morgan fingerprint density at radius 3 is 2.38 bits per heavy atom. The van der Waals surface area contributed by atoms with Gasteiger partial charge in [-0.05, 0) is 25.1 Å². The number of benzene rings is 2. The molecule has 0 atom stereocenters. The number of halogens is 1. The molecule has 0 aliphatic rings. The number of hydrogen-bond acceptors (Lipinski definition) is 6. The number of rotatable bonds is 7. The van der Waals surface area contributed by atoms with Gasteiger partial charge in [0.15, 0.2) is 0 Å². The number of methoxy groups -OCH3 is 1. The third-order valence-corrected chi connectivity index (χ3v) is 3.91. The summed E-state index contributed by atoms with van der Waals surface area (Å²) in [6.07, 6.45) is 2.34. The van der Waals surface area contributed by atoms with E-state index >= 15 is 0 Å². The number of carboxylic acids is 1. The number of hydrogen-bond donors (Lipinski definition) is 1. The first-order valence-electron chi connectivity index (χ1n) is 8.48. The molecule has 0 saturated heterocycles. The third kappa shape index (κ3) is 4.67. The first-order valence-corrected chi connectivity index (χ1v) is 8.48. The van der Waals surface area contributed by atoms with Crippen LogP contribution >= 0.6 is 0 Å². The highest BCUT2D eigenvalue weighted by atomic mass is 19.1. The number of aromatic nitrogens is 2. The molecule has 2 aromatic carbocycles. The quantitative estimate of drug-likeness (QED) is 0.462. The molecule has 8 heteroatoms. The topological polar surface area (TPSA) is 90.8 Å². The first-order chi connectivity index (χ1) is 14.0. The van der Waals surface area contributed by atoms with E-state index in [4.69, 9.17) is 14.2 Å². The Labute approximate surface area is 166 Å². The van der Waals surface area contributed by atoms with Crippen LogP contribution in [0.5, 0.6) is 23.3 Å². The minimum absolute atomic E-state index is 0.0796. The van der Waals surface area contributed by atoms with Crippen LogP contribution in [0, 0.1) is 12.7 Å². The molecule has 0 saturated carbocycles. The van der Waals surface area contributed by atoms with Gasteiger partial charge < -0.3 is 19.3 Å². The summed E-state index contributed by atoms with van der Waals surface area (Å²) in [4.78, 5) is 19.6. The van der Waals surface area contributed by atoms with Crippen molar-refractivity contribution in [3.05, 3.63) is 78.1 Å². The van der Waals surface area contributed by atoms with Gasteiger partial charge in [-0.15, -0.1) is 0 Å². The van der Waals surface area contributed by atoms with E-state index in [2.05, 4.69) is 9.97 Å². The predicted molar refractivity (Wildman–Crippen MR) is 102 cm³/mol. The van der Waals surface area contributed by atoms with Gasteiger partial charge in [0.1, 0.15) is 29.2 Å². The Balaban J connectivity index is 1.89. The van der Waals surface area contributed by atoms with Crippen molar-refractivity contribution in [2.24, 2.45) is 0 Å². The molecular weight excluding hydrogens is 379 g/mol. The number of aliphatic carboxylic acids is 1. The summed E-state index contributed by atoms with van der Waals surface area (Å²) < 4.78 is 29.9. The molecule has 1 heterocycles. The average Bonchev–Trinajstić information content (AvgIpc) is 2.70. The normalized spacial score (nSPS) is 11.1. The van der Waals surface area contributed by atoms with Crippen molar-refractivity contribution in [2.45, 2.75) is 6.92 Å². The maximum Gasteiger partial charge on any atom is 0.339 e. The minimum atomic E-state index is -1.17. The van der Waals surface area contributed by atoms with Crippen LogP contribution in [-0.4, -0.2) is 28.2 Å². The Kier molecular flexibility index (Phi) is 6.03. The largest absolute Gasteiger partial charge is 0.503 e. The second-order valence-corrected chi connectivity index (χ2v) is 5.83. The molecular formula is C21H17FN2O5. The van der Waals surface area contributed by atoms with Crippen molar-refractivity contribution in [3.63, 3.8) is 0 Å². The number of carboxylic acid groups (broad SMARTS) is 1. The molecule has 3 rings (SSSR count). The van der Waals surface area contributed by atoms with Gasteiger partial charge in [-0.3, -0.25) is 0 Å². The monoisotopic (exact) mass is 396 g/mol. The molecule has 0 fully saturated rings. The lowest BCUT2D eigenvalue weighted by molar-refractivity contribution is -0.130. The molecule has 3 aromatic rings. The summed E-state index contributed by atoms with van der Waals surface area (Å²) in [5.41, 5.74) is 0.572. The fourth-order valence-corrected chi connectivity index (χ4v) is 2.48. The van der Waals surface area contributed by atoms with Gasteiger partial charge >= 0.3 is 5.97 Å². The second kappa shape index (κ2) is 8.83. The third-order valence-electron chi connectivity index (χ3n) is 3.91. The van der Waals surface area contributed by atoms with Gasteiger partial charge in [-0.1, -0.05) is 24.3 Å². The number of para-hydroxylation sites is 1.